The third kappa shape index (κ3) is 2.48. The SMILES string of the molecule is C=C1C[C@@H](O)[C@@H]2C(C)(C)CCC[C@]2(C)[C@H]1C=Cc1ccoc1. The highest BCUT2D eigenvalue weighted by Crippen LogP contribution is 2.61. The van der Waals surface area contributed by atoms with Crippen LogP contribution in [0.5, 0.6) is 0 Å². The lowest BCUT2D eigenvalue weighted by molar-refractivity contribution is -0.111. The van der Waals surface area contributed by atoms with Crippen molar-refractivity contribution in [2.45, 2.75) is 52.6 Å². The number of furan rings is 1. The van der Waals surface area contributed by atoms with Gasteiger partial charge >= 0.3 is 0 Å². The first kappa shape index (κ1) is 15.6. The molecule has 0 aliphatic heterocycles. The Morgan fingerprint density at radius 2 is 2.09 bits per heavy atom. The average molecular weight is 300 g/mol. The summed E-state index contributed by atoms with van der Waals surface area (Å²) < 4.78 is 5.15. The summed E-state index contributed by atoms with van der Waals surface area (Å²) in [6.07, 6.45) is 12.0. The van der Waals surface area contributed by atoms with Gasteiger partial charge in [-0.05, 0) is 42.1 Å². The van der Waals surface area contributed by atoms with Crippen LogP contribution in [0.15, 0.2) is 41.2 Å². The van der Waals surface area contributed by atoms with Crippen molar-refractivity contribution >= 4 is 6.08 Å². The Balaban J connectivity index is 1.96. The summed E-state index contributed by atoms with van der Waals surface area (Å²) in [6.45, 7) is 11.3. The quantitative estimate of drug-likeness (QED) is 0.774. The smallest absolute Gasteiger partial charge is 0.0974 e. The Morgan fingerprint density at radius 1 is 1.32 bits per heavy atom. The van der Waals surface area contributed by atoms with Gasteiger partial charge < -0.3 is 9.52 Å². The van der Waals surface area contributed by atoms with Crippen LogP contribution in [0.2, 0.25) is 0 Å². The number of fused-ring (bicyclic) bond motifs is 1. The van der Waals surface area contributed by atoms with Crippen molar-refractivity contribution in [3.8, 4) is 0 Å². The number of aliphatic hydroxyl groups excluding tert-OH is 1. The maximum Gasteiger partial charge on any atom is 0.0974 e. The molecule has 0 radical (unpaired) electrons. The molecule has 2 aliphatic carbocycles. The highest BCUT2D eigenvalue weighted by molar-refractivity contribution is 5.49. The van der Waals surface area contributed by atoms with Crippen LogP contribution < -0.4 is 0 Å². The minimum Gasteiger partial charge on any atom is -0.472 e. The van der Waals surface area contributed by atoms with E-state index in [4.69, 9.17) is 4.42 Å². The van der Waals surface area contributed by atoms with E-state index in [-0.39, 0.29) is 16.9 Å². The van der Waals surface area contributed by atoms with Gasteiger partial charge in [-0.2, -0.15) is 0 Å². The molecule has 1 aromatic rings. The van der Waals surface area contributed by atoms with Crippen molar-refractivity contribution in [3.05, 3.63) is 42.4 Å². The molecule has 1 N–H and O–H groups in total. The second-order valence-electron chi connectivity index (χ2n) is 8.15. The lowest BCUT2D eigenvalue weighted by Crippen LogP contribution is -2.55. The normalized spacial score (nSPS) is 38.2. The highest BCUT2D eigenvalue weighted by Gasteiger charge is 2.55. The molecule has 2 nitrogen and oxygen atoms in total. The highest BCUT2D eigenvalue weighted by atomic mass is 16.3. The van der Waals surface area contributed by atoms with Crippen LogP contribution in [-0.2, 0) is 0 Å². The van der Waals surface area contributed by atoms with E-state index in [1.807, 2.05) is 6.07 Å². The van der Waals surface area contributed by atoms with Gasteiger partial charge in [0.2, 0.25) is 0 Å². The molecule has 3 rings (SSSR count). The fourth-order valence-corrected chi connectivity index (χ4v) is 5.35. The molecule has 0 spiro atoms. The zero-order valence-corrected chi connectivity index (χ0v) is 14.0. The predicted octanol–water partition coefficient (Wildman–Crippen LogP) is 5.06. The molecule has 0 unspecified atom stereocenters. The van der Waals surface area contributed by atoms with Gasteiger partial charge in [0.1, 0.15) is 0 Å². The van der Waals surface area contributed by atoms with Gasteiger partial charge in [-0.3, -0.25) is 0 Å². The molecule has 0 amide bonds. The number of aliphatic hydroxyl groups is 1. The van der Waals surface area contributed by atoms with Crippen molar-refractivity contribution < 1.29 is 9.52 Å². The second-order valence-corrected chi connectivity index (χ2v) is 8.15. The summed E-state index contributed by atoms with van der Waals surface area (Å²) in [4.78, 5) is 0. The lowest BCUT2D eigenvalue weighted by atomic mass is 9.47. The Labute approximate surface area is 133 Å². The second kappa shape index (κ2) is 5.42. The molecule has 120 valence electrons. The summed E-state index contributed by atoms with van der Waals surface area (Å²) in [5.41, 5.74) is 2.55. The van der Waals surface area contributed by atoms with Gasteiger partial charge in [0.25, 0.3) is 0 Å². The summed E-state index contributed by atoms with van der Waals surface area (Å²) in [6, 6.07) is 1.97. The van der Waals surface area contributed by atoms with Gasteiger partial charge in [-0.25, -0.2) is 0 Å². The van der Waals surface area contributed by atoms with E-state index >= 15 is 0 Å². The maximum absolute atomic E-state index is 10.7. The van der Waals surface area contributed by atoms with E-state index in [1.165, 1.54) is 18.4 Å². The van der Waals surface area contributed by atoms with Crippen molar-refractivity contribution in [1.82, 2.24) is 0 Å². The standard InChI is InChI=1S/C20H28O2/c1-14-12-17(21)18-19(2,3)9-5-10-20(18,4)16(14)7-6-15-8-11-22-13-15/h6-8,11,13,16-18,21H,1,5,9-10,12H2,2-4H3/t16-,17+,18+,20+/m0/s1. The Hall–Kier alpha value is -1.28. The number of hydrogen-bond acceptors (Lipinski definition) is 2. The predicted molar refractivity (Wildman–Crippen MR) is 90.2 cm³/mol. The molecule has 0 aromatic carbocycles. The van der Waals surface area contributed by atoms with E-state index in [9.17, 15) is 5.11 Å². The van der Waals surface area contributed by atoms with Crippen molar-refractivity contribution in [2.75, 3.05) is 0 Å². The third-order valence-electron chi connectivity index (χ3n) is 6.12. The molecule has 1 heterocycles. The van der Waals surface area contributed by atoms with Crippen LogP contribution in [0.1, 0.15) is 52.0 Å². The van der Waals surface area contributed by atoms with Gasteiger partial charge in [0.15, 0.2) is 0 Å². The summed E-state index contributed by atoms with van der Waals surface area (Å²) in [7, 11) is 0. The van der Waals surface area contributed by atoms with Gasteiger partial charge in [-0.15, -0.1) is 0 Å². The third-order valence-corrected chi connectivity index (χ3v) is 6.12. The van der Waals surface area contributed by atoms with Crippen molar-refractivity contribution in [1.29, 1.82) is 0 Å². The average Bonchev–Trinajstić information content (AvgIpc) is 2.89. The molecule has 2 aliphatic rings. The van der Waals surface area contributed by atoms with E-state index in [0.29, 0.717) is 11.8 Å². The molecule has 2 fully saturated rings. The van der Waals surface area contributed by atoms with E-state index in [1.54, 1.807) is 12.5 Å². The Bertz CT molecular complexity index is 567. The summed E-state index contributed by atoms with van der Waals surface area (Å²) >= 11 is 0. The maximum atomic E-state index is 10.7. The molecule has 2 heteroatoms. The first-order valence-electron chi connectivity index (χ1n) is 8.41. The molecule has 0 saturated heterocycles. The molecule has 2 saturated carbocycles. The summed E-state index contributed by atoms with van der Waals surface area (Å²) in [5.74, 6) is 0.661. The first-order chi connectivity index (χ1) is 10.3. The fourth-order valence-electron chi connectivity index (χ4n) is 5.35. The van der Waals surface area contributed by atoms with Crippen molar-refractivity contribution in [2.24, 2.45) is 22.7 Å². The van der Waals surface area contributed by atoms with E-state index < -0.39 is 0 Å². The van der Waals surface area contributed by atoms with Crippen LogP contribution in [0.25, 0.3) is 6.08 Å². The van der Waals surface area contributed by atoms with Gasteiger partial charge in [-0.1, -0.05) is 51.5 Å². The molecular weight excluding hydrogens is 272 g/mol. The van der Waals surface area contributed by atoms with Crippen LogP contribution in [0.3, 0.4) is 0 Å². The zero-order valence-electron chi connectivity index (χ0n) is 14.0. The lowest BCUT2D eigenvalue weighted by Gasteiger charge is -2.59. The number of rotatable bonds is 2. The number of allylic oxidation sites excluding steroid dienone is 1. The fraction of sp³-hybridized carbons (Fsp3) is 0.600. The Kier molecular flexibility index (Phi) is 3.84. The van der Waals surface area contributed by atoms with Gasteiger partial charge in [0.05, 0.1) is 18.6 Å². The van der Waals surface area contributed by atoms with Crippen molar-refractivity contribution in [3.63, 3.8) is 0 Å². The summed E-state index contributed by atoms with van der Waals surface area (Å²) in [5, 5.41) is 10.7. The number of hydrogen-bond donors (Lipinski definition) is 1. The molecular formula is C20H28O2. The van der Waals surface area contributed by atoms with E-state index in [2.05, 4.69) is 39.5 Å². The minimum atomic E-state index is -0.258. The van der Waals surface area contributed by atoms with E-state index in [0.717, 1.165) is 18.4 Å². The molecule has 1 aromatic heterocycles. The molecule has 4 atom stereocenters. The van der Waals surface area contributed by atoms with Gasteiger partial charge in [0, 0.05) is 11.5 Å². The molecule has 22 heavy (non-hydrogen) atoms. The van der Waals surface area contributed by atoms with Crippen LogP contribution in [0.4, 0.5) is 0 Å². The van der Waals surface area contributed by atoms with Crippen LogP contribution in [0, 0.1) is 22.7 Å². The monoisotopic (exact) mass is 300 g/mol. The first-order valence-corrected chi connectivity index (χ1v) is 8.41. The Morgan fingerprint density at radius 3 is 2.77 bits per heavy atom. The molecule has 0 bridgehead atoms. The zero-order chi connectivity index (χ0) is 16.0. The van der Waals surface area contributed by atoms with Crippen LogP contribution >= 0.6 is 0 Å². The topological polar surface area (TPSA) is 33.4 Å². The largest absolute Gasteiger partial charge is 0.472 e. The minimum absolute atomic E-state index is 0.0940. The van der Waals surface area contributed by atoms with Crippen LogP contribution in [-0.4, -0.2) is 11.2 Å².